The first-order valence-corrected chi connectivity index (χ1v) is 9.61. The lowest BCUT2D eigenvalue weighted by Gasteiger charge is -2.05. The predicted octanol–water partition coefficient (Wildman–Crippen LogP) is 2.76. The van der Waals surface area contributed by atoms with Gasteiger partial charge in [0.05, 0.1) is 23.7 Å². The Labute approximate surface area is 151 Å². The zero-order valence-electron chi connectivity index (χ0n) is 13.6. The molecule has 8 heteroatoms. The number of benzene rings is 1. The molecule has 0 aliphatic rings. The summed E-state index contributed by atoms with van der Waals surface area (Å²) in [7, 11) is -1.65. The van der Waals surface area contributed by atoms with E-state index >= 15 is 0 Å². The highest BCUT2D eigenvalue weighted by atomic mass is 35.5. The summed E-state index contributed by atoms with van der Waals surface area (Å²) < 4.78 is 28.8. The quantitative estimate of drug-likeness (QED) is 0.717. The van der Waals surface area contributed by atoms with Crippen molar-refractivity contribution in [3.63, 3.8) is 0 Å². The second-order valence-corrected chi connectivity index (χ2v) is 7.83. The Kier molecular flexibility index (Phi) is 5.17. The Hall–Kier alpha value is -2.22. The first-order valence-electron chi connectivity index (χ1n) is 7.58. The number of pyridine rings is 1. The van der Waals surface area contributed by atoms with E-state index < -0.39 is 10.0 Å². The summed E-state index contributed by atoms with van der Waals surface area (Å²) in [5.41, 5.74) is 3.19. The van der Waals surface area contributed by atoms with Crippen molar-refractivity contribution in [2.45, 2.75) is 12.3 Å². The first kappa shape index (κ1) is 17.6. The molecular formula is C17H17ClN4O2S. The van der Waals surface area contributed by atoms with Gasteiger partial charge < -0.3 is 0 Å². The van der Waals surface area contributed by atoms with Gasteiger partial charge in [-0.05, 0) is 35.9 Å². The van der Waals surface area contributed by atoms with Gasteiger partial charge in [-0.25, -0.2) is 13.1 Å². The molecule has 0 bridgehead atoms. The van der Waals surface area contributed by atoms with E-state index in [4.69, 9.17) is 11.6 Å². The zero-order chi connectivity index (χ0) is 17.9. The molecule has 0 aliphatic carbocycles. The Morgan fingerprint density at radius 2 is 1.80 bits per heavy atom. The molecule has 0 aliphatic heterocycles. The summed E-state index contributed by atoms with van der Waals surface area (Å²) in [6.45, 7) is 0.134. The van der Waals surface area contributed by atoms with Crippen LogP contribution in [0.5, 0.6) is 0 Å². The number of nitrogens with one attached hydrogen (secondary N) is 1. The second kappa shape index (κ2) is 7.35. The van der Waals surface area contributed by atoms with Crippen molar-refractivity contribution in [2.24, 2.45) is 7.05 Å². The van der Waals surface area contributed by atoms with E-state index in [9.17, 15) is 8.42 Å². The van der Waals surface area contributed by atoms with Crippen LogP contribution in [0.3, 0.4) is 0 Å². The van der Waals surface area contributed by atoms with Crippen molar-refractivity contribution in [2.75, 3.05) is 0 Å². The van der Waals surface area contributed by atoms with Crippen LogP contribution in [0.25, 0.3) is 11.3 Å². The molecule has 3 aromatic rings. The van der Waals surface area contributed by atoms with Gasteiger partial charge in [0.25, 0.3) is 0 Å². The minimum absolute atomic E-state index is 0.103. The molecule has 6 nitrogen and oxygen atoms in total. The van der Waals surface area contributed by atoms with Crippen molar-refractivity contribution < 1.29 is 8.42 Å². The SMILES string of the molecule is Cn1nc(CNS(=O)(=O)Cc2ccc(Cl)cc2)cc1-c1ccncc1. The number of rotatable bonds is 6. The molecule has 2 heterocycles. The lowest BCUT2D eigenvalue weighted by atomic mass is 10.2. The standard InChI is InChI=1S/C17H17ClN4O2S/c1-22-17(14-6-8-19-9-7-14)10-16(21-22)11-20-25(23,24)12-13-2-4-15(18)5-3-13/h2-10,20H,11-12H2,1H3. The number of nitrogens with zero attached hydrogens (tertiary/aromatic N) is 3. The van der Waals surface area contributed by atoms with Crippen molar-refractivity contribution in [1.29, 1.82) is 0 Å². The largest absolute Gasteiger partial charge is 0.268 e. The summed E-state index contributed by atoms with van der Waals surface area (Å²) in [6.07, 6.45) is 3.41. The summed E-state index contributed by atoms with van der Waals surface area (Å²) in [4.78, 5) is 3.99. The van der Waals surface area contributed by atoms with Crippen LogP contribution in [0.2, 0.25) is 5.02 Å². The number of sulfonamides is 1. The van der Waals surface area contributed by atoms with Gasteiger partial charge in [0, 0.05) is 30.0 Å². The van der Waals surface area contributed by atoms with E-state index in [2.05, 4.69) is 14.8 Å². The van der Waals surface area contributed by atoms with Gasteiger partial charge in [0.2, 0.25) is 10.0 Å². The molecule has 0 fully saturated rings. The summed E-state index contributed by atoms with van der Waals surface area (Å²) >= 11 is 5.81. The van der Waals surface area contributed by atoms with E-state index in [-0.39, 0.29) is 12.3 Å². The minimum atomic E-state index is -3.47. The third-order valence-corrected chi connectivity index (χ3v) is 5.20. The van der Waals surface area contributed by atoms with Gasteiger partial charge in [-0.3, -0.25) is 9.67 Å². The highest BCUT2D eigenvalue weighted by Crippen LogP contribution is 2.19. The molecule has 0 atom stereocenters. The molecule has 0 saturated heterocycles. The fourth-order valence-electron chi connectivity index (χ4n) is 2.44. The average Bonchev–Trinajstić information content (AvgIpc) is 2.97. The predicted molar refractivity (Wildman–Crippen MR) is 97.4 cm³/mol. The van der Waals surface area contributed by atoms with Gasteiger partial charge in [-0.1, -0.05) is 23.7 Å². The third-order valence-electron chi connectivity index (χ3n) is 3.65. The Morgan fingerprint density at radius 1 is 1.12 bits per heavy atom. The van der Waals surface area contributed by atoms with Crippen molar-refractivity contribution in [1.82, 2.24) is 19.5 Å². The lowest BCUT2D eigenvalue weighted by molar-refractivity contribution is 0.578. The topological polar surface area (TPSA) is 76.9 Å². The second-order valence-electron chi connectivity index (χ2n) is 5.59. The van der Waals surface area contributed by atoms with Crippen molar-refractivity contribution >= 4 is 21.6 Å². The van der Waals surface area contributed by atoms with Gasteiger partial charge in [0.1, 0.15) is 0 Å². The summed E-state index contributed by atoms with van der Waals surface area (Å²) in [6, 6.07) is 12.4. The average molecular weight is 377 g/mol. The number of hydrogen-bond acceptors (Lipinski definition) is 4. The number of halogens is 1. The molecule has 0 saturated carbocycles. The smallest absolute Gasteiger partial charge is 0.216 e. The molecule has 0 unspecified atom stereocenters. The Morgan fingerprint density at radius 3 is 2.48 bits per heavy atom. The van der Waals surface area contributed by atoms with E-state index in [0.717, 1.165) is 11.3 Å². The van der Waals surface area contributed by atoms with E-state index in [1.165, 1.54) is 0 Å². The van der Waals surface area contributed by atoms with Crippen LogP contribution >= 0.6 is 11.6 Å². The Bertz CT molecular complexity index is 954. The number of aryl methyl sites for hydroxylation is 1. The highest BCUT2D eigenvalue weighted by molar-refractivity contribution is 7.88. The van der Waals surface area contributed by atoms with Crippen LogP contribution in [0, 0.1) is 0 Å². The van der Waals surface area contributed by atoms with Gasteiger partial charge >= 0.3 is 0 Å². The molecule has 1 aromatic carbocycles. The van der Waals surface area contributed by atoms with Gasteiger partial charge in [-0.15, -0.1) is 0 Å². The maximum atomic E-state index is 12.2. The van der Waals surface area contributed by atoms with Crippen molar-refractivity contribution in [3.8, 4) is 11.3 Å². The van der Waals surface area contributed by atoms with E-state index in [0.29, 0.717) is 16.3 Å². The Balaban J connectivity index is 1.68. The molecular weight excluding hydrogens is 360 g/mol. The van der Waals surface area contributed by atoms with Crippen LogP contribution in [0.15, 0.2) is 54.9 Å². The number of hydrogen-bond donors (Lipinski definition) is 1. The fraction of sp³-hybridized carbons (Fsp3) is 0.176. The molecule has 25 heavy (non-hydrogen) atoms. The molecule has 130 valence electrons. The van der Waals surface area contributed by atoms with Crippen LogP contribution in [-0.2, 0) is 29.4 Å². The van der Waals surface area contributed by atoms with Crippen molar-refractivity contribution in [3.05, 3.63) is 71.1 Å². The van der Waals surface area contributed by atoms with Crippen LogP contribution < -0.4 is 4.72 Å². The number of aromatic nitrogens is 3. The summed E-state index contributed by atoms with van der Waals surface area (Å²) in [5, 5.41) is 4.94. The molecule has 2 aromatic heterocycles. The molecule has 1 N–H and O–H groups in total. The lowest BCUT2D eigenvalue weighted by Crippen LogP contribution is -2.25. The molecule has 0 spiro atoms. The fourth-order valence-corrected chi connectivity index (χ4v) is 3.67. The van der Waals surface area contributed by atoms with Gasteiger partial charge in [-0.2, -0.15) is 5.10 Å². The minimum Gasteiger partial charge on any atom is -0.268 e. The summed E-state index contributed by atoms with van der Waals surface area (Å²) in [5.74, 6) is -0.103. The van der Waals surface area contributed by atoms with E-state index in [1.54, 1.807) is 41.3 Å². The van der Waals surface area contributed by atoms with Crippen LogP contribution in [-0.4, -0.2) is 23.2 Å². The monoisotopic (exact) mass is 376 g/mol. The maximum Gasteiger partial charge on any atom is 0.216 e. The highest BCUT2D eigenvalue weighted by Gasteiger charge is 2.14. The molecule has 0 radical (unpaired) electrons. The zero-order valence-corrected chi connectivity index (χ0v) is 15.1. The third kappa shape index (κ3) is 4.66. The van der Waals surface area contributed by atoms with Crippen LogP contribution in [0.4, 0.5) is 0 Å². The normalized spacial score (nSPS) is 11.6. The maximum absolute atomic E-state index is 12.2. The first-order chi connectivity index (χ1) is 11.9. The van der Waals surface area contributed by atoms with Crippen LogP contribution in [0.1, 0.15) is 11.3 Å². The molecule has 0 amide bonds. The molecule has 3 rings (SSSR count). The van der Waals surface area contributed by atoms with Gasteiger partial charge in [0.15, 0.2) is 0 Å². The van der Waals surface area contributed by atoms with E-state index in [1.807, 2.05) is 25.2 Å².